The molecule has 0 aliphatic heterocycles. The molecule has 5 nitrogen and oxygen atoms in total. The summed E-state index contributed by atoms with van der Waals surface area (Å²) in [6, 6.07) is 6.17. The number of benzene rings is 1. The lowest BCUT2D eigenvalue weighted by Gasteiger charge is -2.13. The Morgan fingerprint density at radius 2 is 1.91 bits per heavy atom. The van der Waals surface area contributed by atoms with Crippen LogP contribution in [0.5, 0.6) is 0 Å². The van der Waals surface area contributed by atoms with Crippen LogP contribution in [0.15, 0.2) is 12.1 Å². The van der Waals surface area contributed by atoms with Crippen LogP contribution in [0.4, 0.5) is 10.7 Å². The number of rotatable bonds is 4. The van der Waals surface area contributed by atoms with Gasteiger partial charge in [0.15, 0.2) is 0 Å². The first-order valence-electron chi connectivity index (χ1n) is 6.90. The Morgan fingerprint density at radius 3 is 2.50 bits per heavy atom. The average Bonchev–Trinajstić information content (AvgIpc) is 2.80. The molecule has 2 aromatic rings. The summed E-state index contributed by atoms with van der Waals surface area (Å²) in [7, 11) is 0. The molecule has 0 saturated heterocycles. The van der Waals surface area contributed by atoms with Gasteiger partial charge >= 0.3 is 0 Å². The van der Waals surface area contributed by atoms with E-state index in [-0.39, 0.29) is 12.5 Å². The molecule has 0 saturated carbocycles. The van der Waals surface area contributed by atoms with Crippen LogP contribution in [0.25, 0.3) is 0 Å². The fourth-order valence-corrected chi connectivity index (χ4v) is 3.08. The van der Waals surface area contributed by atoms with Crippen molar-refractivity contribution in [2.75, 3.05) is 17.2 Å². The van der Waals surface area contributed by atoms with E-state index >= 15 is 0 Å². The monoisotopic (exact) mass is 314 g/mol. The molecule has 0 aliphatic rings. The number of nitrogens with one attached hydrogen (secondary N) is 2. The Labute approximate surface area is 134 Å². The highest BCUT2D eigenvalue weighted by Gasteiger charge is 2.12. The number of hydrogen-bond acceptors (Lipinski definition) is 5. The van der Waals surface area contributed by atoms with E-state index in [0.29, 0.717) is 16.3 Å². The Bertz CT molecular complexity index is 735. The number of carbonyl (C=O) groups is 1. The van der Waals surface area contributed by atoms with Gasteiger partial charge in [-0.25, -0.2) is 0 Å². The van der Waals surface area contributed by atoms with Crippen molar-refractivity contribution in [2.45, 2.75) is 27.7 Å². The second-order valence-corrected chi connectivity index (χ2v) is 6.03. The Balaban J connectivity index is 2.04. The Hall–Kier alpha value is -2.39. The van der Waals surface area contributed by atoms with Crippen molar-refractivity contribution in [3.63, 3.8) is 0 Å². The van der Waals surface area contributed by atoms with Crippen molar-refractivity contribution in [3.8, 4) is 6.07 Å². The smallest absolute Gasteiger partial charge is 0.243 e. The SMILES string of the molecule is Cc1cc(C)c(NC(=O)CNc2snc(C)c2C#N)c(C)c1. The summed E-state index contributed by atoms with van der Waals surface area (Å²) in [5.74, 6) is -0.148. The Kier molecular flexibility index (Phi) is 4.78. The van der Waals surface area contributed by atoms with Crippen molar-refractivity contribution >= 4 is 28.1 Å². The van der Waals surface area contributed by atoms with Gasteiger partial charge in [-0.2, -0.15) is 9.64 Å². The van der Waals surface area contributed by atoms with E-state index in [1.807, 2.05) is 32.9 Å². The lowest BCUT2D eigenvalue weighted by molar-refractivity contribution is -0.114. The largest absolute Gasteiger partial charge is 0.366 e. The number of nitrogens with zero attached hydrogens (tertiary/aromatic N) is 2. The van der Waals surface area contributed by atoms with E-state index in [1.165, 1.54) is 17.1 Å². The summed E-state index contributed by atoms with van der Waals surface area (Å²) in [5, 5.41) is 15.6. The molecule has 1 aromatic heterocycles. The van der Waals surface area contributed by atoms with Crippen molar-refractivity contribution in [2.24, 2.45) is 0 Å². The molecular weight excluding hydrogens is 296 g/mol. The zero-order chi connectivity index (χ0) is 16.3. The normalized spacial score (nSPS) is 10.1. The summed E-state index contributed by atoms with van der Waals surface area (Å²) in [6.45, 7) is 7.86. The second-order valence-electron chi connectivity index (χ2n) is 5.26. The molecule has 22 heavy (non-hydrogen) atoms. The number of aromatic nitrogens is 1. The molecule has 0 bridgehead atoms. The van der Waals surface area contributed by atoms with Crippen molar-refractivity contribution in [1.29, 1.82) is 5.26 Å². The van der Waals surface area contributed by atoms with Crippen LogP contribution in [-0.2, 0) is 4.79 Å². The van der Waals surface area contributed by atoms with Gasteiger partial charge in [0.1, 0.15) is 16.6 Å². The minimum absolute atomic E-state index is 0.100. The maximum absolute atomic E-state index is 12.1. The molecule has 0 spiro atoms. The number of hydrogen-bond donors (Lipinski definition) is 2. The highest BCUT2D eigenvalue weighted by atomic mass is 32.1. The molecule has 1 amide bonds. The molecule has 2 rings (SSSR count). The molecule has 0 unspecified atom stereocenters. The standard InChI is InChI=1S/C16H18N4OS/c1-9-5-10(2)15(11(3)6-9)19-14(21)8-18-16-13(7-17)12(4)20-22-16/h5-6,18H,8H2,1-4H3,(H,19,21). The predicted octanol–water partition coefficient (Wildman–Crippen LogP) is 3.30. The number of carbonyl (C=O) groups excluding carboxylic acids is 1. The summed E-state index contributed by atoms with van der Waals surface area (Å²) in [6.07, 6.45) is 0. The highest BCUT2D eigenvalue weighted by Crippen LogP contribution is 2.24. The third-order valence-corrected chi connectivity index (χ3v) is 4.22. The first-order chi connectivity index (χ1) is 10.4. The van der Waals surface area contributed by atoms with Gasteiger partial charge in [-0.3, -0.25) is 4.79 Å². The zero-order valence-corrected chi connectivity index (χ0v) is 13.9. The van der Waals surface area contributed by atoms with Gasteiger partial charge < -0.3 is 10.6 Å². The summed E-state index contributed by atoms with van der Waals surface area (Å²) < 4.78 is 4.11. The van der Waals surface area contributed by atoms with E-state index in [2.05, 4.69) is 21.1 Å². The third-order valence-electron chi connectivity index (χ3n) is 3.33. The lowest BCUT2D eigenvalue weighted by atomic mass is 10.1. The van der Waals surface area contributed by atoms with Crippen LogP contribution in [0.2, 0.25) is 0 Å². The molecule has 1 heterocycles. The first-order valence-corrected chi connectivity index (χ1v) is 7.67. The van der Waals surface area contributed by atoms with E-state index in [0.717, 1.165) is 16.8 Å². The molecule has 0 atom stereocenters. The minimum Gasteiger partial charge on any atom is -0.366 e. The quantitative estimate of drug-likeness (QED) is 0.907. The van der Waals surface area contributed by atoms with Crippen LogP contribution in [0.1, 0.15) is 27.9 Å². The topological polar surface area (TPSA) is 77.8 Å². The van der Waals surface area contributed by atoms with Crippen LogP contribution in [-0.4, -0.2) is 16.8 Å². The summed E-state index contributed by atoms with van der Waals surface area (Å²) >= 11 is 1.19. The van der Waals surface area contributed by atoms with Gasteiger partial charge in [-0.15, -0.1) is 0 Å². The number of amides is 1. The molecule has 0 radical (unpaired) electrons. The van der Waals surface area contributed by atoms with Crippen molar-refractivity contribution < 1.29 is 4.79 Å². The van der Waals surface area contributed by atoms with E-state index in [9.17, 15) is 4.79 Å². The molecule has 0 aliphatic carbocycles. The second kappa shape index (κ2) is 6.58. The fraction of sp³-hybridized carbons (Fsp3) is 0.312. The molecular formula is C16H18N4OS. The maximum Gasteiger partial charge on any atom is 0.243 e. The van der Waals surface area contributed by atoms with Gasteiger partial charge in [-0.1, -0.05) is 17.7 Å². The molecule has 2 N–H and O–H groups in total. The van der Waals surface area contributed by atoms with Gasteiger partial charge in [0, 0.05) is 5.69 Å². The zero-order valence-electron chi connectivity index (χ0n) is 13.1. The van der Waals surface area contributed by atoms with Crippen LogP contribution in [0, 0.1) is 39.0 Å². The summed E-state index contributed by atoms with van der Waals surface area (Å²) in [5.41, 5.74) is 5.28. The van der Waals surface area contributed by atoms with Crippen LogP contribution >= 0.6 is 11.5 Å². The molecule has 6 heteroatoms. The number of aryl methyl sites for hydroxylation is 4. The number of anilines is 2. The number of nitriles is 1. The highest BCUT2D eigenvalue weighted by molar-refractivity contribution is 7.10. The van der Waals surface area contributed by atoms with E-state index in [4.69, 9.17) is 5.26 Å². The lowest BCUT2D eigenvalue weighted by Crippen LogP contribution is -2.22. The minimum atomic E-state index is -0.148. The van der Waals surface area contributed by atoms with Gasteiger partial charge in [0.05, 0.1) is 12.2 Å². The predicted molar refractivity (Wildman–Crippen MR) is 89.3 cm³/mol. The van der Waals surface area contributed by atoms with Crippen LogP contribution in [0.3, 0.4) is 0 Å². The van der Waals surface area contributed by atoms with Gasteiger partial charge in [-0.05, 0) is 50.4 Å². The maximum atomic E-state index is 12.1. The first kappa shape index (κ1) is 16.0. The third kappa shape index (κ3) is 3.43. The van der Waals surface area contributed by atoms with Gasteiger partial charge in [0.25, 0.3) is 0 Å². The van der Waals surface area contributed by atoms with Crippen LogP contribution < -0.4 is 10.6 Å². The van der Waals surface area contributed by atoms with Crippen molar-refractivity contribution in [1.82, 2.24) is 4.37 Å². The molecule has 0 fully saturated rings. The average molecular weight is 314 g/mol. The molecule has 114 valence electrons. The Morgan fingerprint density at radius 1 is 1.27 bits per heavy atom. The fourth-order valence-electron chi connectivity index (χ4n) is 2.34. The van der Waals surface area contributed by atoms with E-state index in [1.54, 1.807) is 6.92 Å². The molecule has 1 aromatic carbocycles. The summed E-state index contributed by atoms with van der Waals surface area (Å²) in [4.78, 5) is 12.1. The van der Waals surface area contributed by atoms with Gasteiger partial charge in [0.2, 0.25) is 5.91 Å². The van der Waals surface area contributed by atoms with E-state index < -0.39 is 0 Å². The van der Waals surface area contributed by atoms with Crippen molar-refractivity contribution in [3.05, 3.63) is 40.1 Å².